The second kappa shape index (κ2) is 9.04. The molecular weight excluding hydrogens is 274 g/mol. The van der Waals surface area contributed by atoms with Crippen LogP contribution in [0.15, 0.2) is 18.3 Å². The predicted octanol–water partition coefficient (Wildman–Crippen LogP) is 0.0626. The number of ether oxygens (including phenoxy) is 2. The second-order valence-electron chi connectivity index (χ2n) is 4.54. The first kappa shape index (κ1) is 17.1. The van der Waals surface area contributed by atoms with Gasteiger partial charge >= 0.3 is 5.97 Å². The van der Waals surface area contributed by atoms with Gasteiger partial charge in [0.15, 0.2) is 0 Å². The lowest BCUT2D eigenvalue weighted by molar-refractivity contribution is -0.122. The summed E-state index contributed by atoms with van der Waals surface area (Å²) in [4.78, 5) is 28.9. The van der Waals surface area contributed by atoms with Crippen molar-refractivity contribution in [2.75, 3.05) is 41.0 Å². The summed E-state index contributed by atoms with van der Waals surface area (Å²) in [6, 6.07) is 3.40. The number of aromatic nitrogens is 1. The maximum Gasteiger partial charge on any atom is 0.339 e. The number of amides is 1. The normalized spacial score (nSPS) is 10.5. The molecule has 0 spiro atoms. The predicted molar refractivity (Wildman–Crippen MR) is 76.8 cm³/mol. The molecule has 0 saturated carbocycles. The highest BCUT2D eigenvalue weighted by Gasteiger charge is 2.09. The van der Waals surface area contributed by atoms with Crippen LogP contribution in [0.25, 0.3) is 0 Å². The van der Waals surface area contributed by atoms with Gasteiger partial charge in [0.1, 0.15) is 0 Å². The highest BCUT2D eigenvalue weighted by atomic mass is 16.5. The van der Waals surface area contributed by atoms with E-state index in [1.54, 1.807) is 19.2 Å². The third-order valence-corrected chi connectivity index (χ3v) is 2.72. The third kappa shape index (κ3) is 6.33. The Morgan fingerprint density at radius 1 is 1.33 bits per heavy atom. The van der Waals surface area contributed by atoms with Gasteiger partial charge in [-0.1, -0.05) is 0 Å². The van der Waals surface area contributed by atoms with Crippen molar-refractivity contribution >= 4 is 11.9 Å². The van der Waals surface area contributed by atoms with Crippen LogP contribution in [0.3, 0.4) is 0 Å². The van der Waals surface area contributed by atoms with Crippen molar-refractivity contribution < 1.29 is 19.1 Å². The Morgan fingerprint density at radius 3 is 2.67 bits per heavy atom. The topological polar surface area (TPSA) is 80.8 Å². The summed E-state index contributed by atoms with van der Waals surface area (Å²) in [6.45, 7) is 1.77. The van der Waals surface area contributed by atoms with Crippen LogP contribution in [0.4, 0.5) is 0 Å². The van der Waals surface area contributed by atoms with Gasteiger partial charge in [-0.05, 0) is 19.2 Å². The average molecular weight is 295 g/mol. The van der Waals surface area contributed by atoms with Gasteiger partial charge in [-0.15, -0.1) is 0 Å². The van der Waals surface area contributed by atoms with Gasteiger partial charge < -0.3 is 14.8 Å². The zero-order valence-electron chi connectivity index (χ0n) is 12.6. The number of esters is 1. The van der Waals surface area contributed by atoms with Crippen molar-refractivity contribution in [2.45, 2.75) is 6.54 Å². The van der Waals surface area contributed by atoms with E-state index in [1.807, 2.05) is 11.9 Å². The van der Waals surface area contributed by atoms with Gasteiger partial charge in [-0.25, -0.2) is 4.79 Å². The van der Waals surface area contributed by atoms with Gasteiger partial charge in [-0.3, -0.25) is 14.7 Å². The van der Waals surface area contributed by atoms with Gasteiger partial charge in [0, 0.05) is 26.4 Å². The zero-order valence-corrected chi connectivity index (χ0v) is 12.6. The summed E-state index contributed by atoms with van der Waals surface area (Å²) in [5.41, 5.74) is 1.18. The van der Waals surface area contributed by atoms with Gasteiger partial charge in [0.25, 0.3) is 0 Å². The molecular formula is C14H21N3O4. The van der Waals surface area contributed by atoms with E-state index in [0.29, 0.717) is 25.3 Å². The standard InChI is InChI=1S/C14H21N3O4/c1-17(10-13(18)15-6-7-20-2)9-12-5-4-11(8-16-12)14(19)21-3/h4-5,8H,6-7,9-10H2,1-3H3,(H,15,18). The summed E-state index contributed by atoms with van der Waals surface area (Å²) in [7, 11) is 4.74. The average Bonchev–Trinajstić information content (AvgIpc) is 2.47. The number of nitrogens with zero attached hydrogens (tertiary/aromatic N) is 2. The molecule has 1 heterocycles. The van der Waals surface area contributed by atoms with E-state index in [4.69, 9.17) is 4.74 Å². The summed E-state index contributed by atoms with van der Waals surface area (Å²) >= 11 is 0. The molecule has 1 N–H and O–H groups in total. The first-order valence-electron chi connectivity index (χ1n) is 6.54. The first-order chi connectivity index (χ1) is 10.1. The monoisotopic (exact) mass is 295 g/mol. The van der Waals surface area contributed by atoms with Crippen molar-refractivity contribution in [1.29, 1.82) is 0 Å². The lowest BCUT2D eigenvalue weighted by Crippen LogP contribution is -2.36. The van der Waals surface area contributed by atoms with E-state index in [1.165, 1.54) is 13.3 Å². The van der Waals surface area contributed by atoms with Crippen LogP contribution in [0, 0.1) is 0 Å². The lowest BCUT2D eigenvalue weighted by Gasteiger charge is -2.15. The summed E-state index contributed by atoms with van der Waals surface area (Å²) in [5.74, 6) is -0.486. The number of carbonyl (C=O) groups excluding carboxylic acids is 2. The minimum Gasteiger partial charge on any atom is -0.465 e. The summed E-state index contributed by atoms with van der Waals surface area (Å²) < 4.78 is 9.46. The Hall–Kier alpha value is -1.99. The van der Waals surface area contributed by atoms with Gasteiger partial charge in [0.2, 0.25) is 5.91 Å². The Bertz CT molecular complexity index is 462. The second-order valence-corrected chi connectivity index (χ2v) is 4.54. The van der Waals surface area contributed by atoms with Crippen LogP contribution in [-0.2, 0) is 20.8 Å². The fourth-order valence-corrected chi connectivity index (χ4v) is 1.68. The number of pyridine rings is 1. The lowest BCUT2D eigenvalue weighted by atomic mass is 10.2. The molecule has 7 heteroatoms. The molecule has 1 rings (SSSR count). The van der Waals surface area contributed by atoms with Gasteiger partial charge in [0.05, 0.1) is 31.5 Å². The van der Waals surface area contributed by atoms with Crippen molar-refractivity contribution in [1.82, 2.24) is 15.2 Å². The molecule has 1 aromatic heterocycles. The van der Waals surface area contributed by atoms with E-state index in [9.17, 15) is 9.59 Å². The Labute approximate surface area is 124 Å². The minimum absolute atomic E-state index is 0.0688. The number of hydrogen-bond acceptors (Lipinski definition) is 6. The van der Waals surface area contributed by atoms with Gasteiger partial charge in [-0.2, -0.15) is 0 Å². The van der Waals surface area contributed by atoms with Crippen LogP contribution in [0.1, 0.15) is 16.1 Å². The molecule has 21 heavy (non-hydrogen) atoms. The number of nitrogens with one attached hydrogen (secondary N) is 1. The first-order valence-corrected chi connectivity index (χ1v) is 6.54. The molecule has 0 bridgehead atoms. The van der Waals surface area contributed by atoms with E-state index < -0.39 is 5.97 Å². The van der Waals surface area contributed by atoms with E-state index in [0.717, 1.165) is 5.69 Å². The van der Waals surface area contributed by atoms with Crippen LogP contribution in [0.2, 0.25) is 0 Å². The third-order valence-electron chi connectivity index (χ3n) is 2.72. The molecule has 7 nitrogen and oxygen atoms in total. The molecule has 1 amide bonds. The molecule has 0 aromatic carbocycles. The Balaban J connectivity index is 2.42. The van der Waals surface area contributed by atoms with Crippen molar-refractivity contribution in [2.24, 2.45) is 0 Å². The fourth-order valence-electron chi connectivity index (χ4n) is 1.68. The van der Waals surface area contributed by atoms with Crippen molar-refractivity contribution in [3.63, 3.8) is 0 Å². The molecule has 0 saturated heterocycles. The molecule has 1 aromatic rings. The summed E-state index contributed by atoms with van der Waals surface area (Å²) in [6.07, 6.45) is 1.47. The maximum absolute atomic E-state index is 11.6. The van der Waals surface area contributed by atoms with Crippen LogP contribution in [-0.4, -0.2) is 62.7 Å². The molecule has 0 aliphatic heterocycles. The van der Waals surface area contributed by atoms with Crippen LogP contribution < -0.4 is 5.32 Å². The smallest absolute Gasteiger partial charge is 0.339 e. The molecule has 0 aliphatic carbocycles. The molecule has 116 valence electrons. The Kier molecular flexibility index (Phi) is 7.34. The number of rotatable bonds is 8. The SMILES string of the molecule is COCCNC(=O)CN(C)Cc1ccc(C(=O)OC)cn1. The number of hydrogen-bond donors (Lipinski definition) is 1. The highest BCUT2D eigenvalue weighted by molar-refractivity contribution is 5.88. The van der Waals surface area contributed by atoms with Crippen molar-refractivity contribution in [3.05, 3.63) is 29.6 Å². The maximum atomic E-state index is 11.6. The number of carbonyl (C=O) groups is 2. The molecule has 0 aliphatic rings. The molecule has 0 atom stereocenters. The molecule has 0 fully saturated rings. The highest BCUT2D eigenvalue weighted by Crippen LogP contribution is 2.04. The van der Waals surface area contributed by atoms with E-state index in [-0.39, 0.29) is 12.5 Å². The van der Waals surface area contributed by atoms with E-state index in [2.05, 4.69) is 15.0 Å². The van der Waals surface area contributed by atoms with Crippen LogP contribution in [0.5, 0.6) is 0 Å². The largest absolute Gasteiger partial charge is 0.465 e. The number of likely N-dealkylation sites (N-methyl/N-ethyl adjacent to an activating group) is 1. The quantitative estimate of drug-likeness (QED) is 0.540. The molecule has 0 unspecified atom stereocenters. The van der Waals surface area contributed by atoms with E-state index >= 15 is 0 Å². The molecule has 0 radical (unpaired) electrons. The van der Waals surface area contributed by atoms with Crippen LogP contribution >= 0.6 is 0 Å². The zero-order chi connectivity index (χ0) is 15.7. The van der Waals surface area contributed by atoms with Crippen molar-refractivity contribution in [3.8, 4) is 0 Å². The Morgan fingerprint density at radius 2 is 2.10 bits per heavy atom. The fraction of sp³-hybridized carbons (Fsp3) is 0.500. The summed E-state index contributed by atoms with van der Waals surface area (Å²) in [5, 5.41) is 2.74. The number of methoxy groups -OCH3 is 2. The minimum atomic E-state index is -0.417.